The Morgan fingerprint density at radius 1 is 1.08 bits per heavy atom. The molecule has 25 heavy (non-hydrogen) atoms. The number of aromatic carboxylic acids is 1. The average Bonchev–Trinajstić information content (AvgIpc) is 2.56. The van der Waals surface area contributed by atoms with Crippen molar-refractivity contribution in [3.63, 3.8) is 0 Å². The van der Waals surface area contributed by atoms with Crippen LogP contribution in [0, 0.1) is 0 Å². The molecular weight excluding hydrogens is 383 g/mol. The zero-order valence-electron chi connectivity index (χ0n) is 14.3. The summed E-state index contributed by atoms with van der Waals surface area (Å²) in [7, 11) is 0. The van der Waals surface area contributed by atoms with E-state index in [9.17, 15) is 14.7 Å². The van der Waals surface area contributed by atoms with Crippen LogP contribution in [0.3, 0.4) is 0 Å². The van der Waals surface area contributed by atoms with Gasteiger partial charge in [0.2, 0.25) is 5.43 Å². The van der Waals surface area contributed by atoms with Crippen LogP contribution >= 0.6 is 23.5 Å². The summed E-state index contributed by atoms with van der Waals surface area (Å²) in [6.07, 6.45) is 0. The molecular formula is C18H15KO4S2. The molecule has 0 spiro atoms. The van der Waals surface area contributed by atoms with Gasteiger partial charge in [-0.05, 0) is 47.4 Å². The van der Waals surface area contributed by atoms with E-state index in [-0.39, 0.29) is 67.8 Å². The van der Waals surface area contributed by atoms with E-state index in [1.54, 1.807) is 23.5 Å². The van der Waals surface area contributed by atoms with Crippen molar-refractivity contribution in [3.05, 3.63) is 46.1 Å². The topological polar surface area (TPSA) is 70.3 Å². The van der Waals surface area contributed by atoms with Crippen LogP contribution in [0.5, 0.6) is 0 Å². The van der Waals surface area contributed by atoms with Gasteiger partial charge in [0.1, 0.15) is 5.58 Å². The van der Waals surface area contributed by atoms with Crippen LogP contribution in [0.1, 0.15) is 24.2 Å². The van der Waals surface area contributed by atoms with Crippen molar-refractivity contribution >= 4 is 51.4 Å². The molecule has 2 aromatic carbocycles. The Morgan fingerprint density at radius 3 is 2.44 bits per heavy atom. The van der Waals surface area contributed by atoms with Crippen molar-refractivity contribution < 1.29 is 65.7 Å². The maximum atomic E-state index is 12.9. The molecule has 0 N–H and O–H groups in total. The number of fused-ring (bicyclic) bond motifs is 2. The minimum atomic E-state index is -1.31. The summed E-state index contributed by atoms with van der Waals surface area (Å²) in [6.45, 7) is 4.10. The Morgan fingerprint density at radius 2 is 1.80 bits per heavy atom. The normalized spacial score (nSPS) is 10.8. The Hall–Kier alpha value is -0.284. The third kappa shape index (κ3) is 4.35. The van der Waals surface area contributed by atoms with Gasteiger partial charge in [-0.1, -0.05) is 13.8 Å². The number of rotatable bonds is 5. The van der Waals surface area contributed by atoms with E-state index in [1.807, 2.05) is 19.1 Å². The van der Waals surface area contributed by atoms with Gasteiger partial charge in [0.05, 0.1) is 21.6 Å². The van der Waals surface area contributed by atoms with E-state index in [2.05, 4.69) is 6.92 Å². The van der Waals surface area contributed by atoms with E-state index in [0.29, 0.717) is 16.6 Å². The second kappa shape index (κ2) is 9.08. The summed E-state index contributed by atoms with van der Waals surface area (Å²) in [5.74, 6) is 0.449. The molecule has 0 saturated heterocycles. The minimum Gasteiger partial charge on any atom is -0.545 e. The second-order valence-electron chi connectivity index (χ2n) is 5.09. The molecule has 1 aromatic heterocycles. The number of carbonyl (C=O) groups is 1. The second-order valence-corrected chi connectivity index (χ2v) is 7.74. The number of carbonyl (C=O) groups excluding carboxylic acids is 1. The Balaban J connectivity index is 0.00000225. The van der Waals surface area contributed by atoms with Crippen molar-refractivity contribution in [2.45, 2.75) is 23.6 Å². The van der Waals surface area contributed by atoms with Crippen LogP contribution < -0.4 is 61.9 Å². The molecule has 0 aliphatic heterocycles. The first-order valence-corrected chi connectivity index (χ1v) is 9.53. The molecule has 124 valence electrons. The van der Waals surface area contributed by atoms with Crippen molar-refractivity contribution in [1.29, 1.82) is 0 Å². The monoisotopic (exact) mass is 398 g/mol. The van der Waals surface area contributed by atoms with Gasteiger partial charge in [0.15, 0.2) is 5.58 Å². The van der Waals surface area contributed by atoms with Crippen LogP contribution in [0.4, 0.5) is 0 Å². The molecule has 1 heterocycles. The molecule has 0 bridgehead atoms. The molecule has 0 atom stereocenters. The quantitative estimate of drug-likeness (QED) is 0.355. The number of hydrogen-bond donors (Lipinski definition) is 0. The fourth-order valence-electron chi connectivity index (χ4n) is 2.54. The van der Waals surface area contributed by atoms with Crippen LogP contribution in [0.2, 0.25) is 0 Å². The SMILES string of the molecule is CCSc1cc(SCC)c2oc3ccc(C(=O)[O-])cc3c(=O)c2c1.[K+]. The van der Waals surface area contributed by atoms with Gasteiger partial charge in [-0.2, -0.15) is 0 Å². The first-order valence-electron chi connectivity index (χ1n) is 7.56. The third-order valence-electron chi connectivity index (χ3n) is 3.56. The van der Waals surface area contributed by atoms with Crippen molar-refractivity contribution in [3.8, 4) is 0 Å². The zero-order chi connectivity index (χ0) is 17.3. The molecule has 0 aliphatic rings. The fourth-order valence-corrected chi connectivity index (χ4v) is 4.16. The standard InChI is InChI=1S/C18H16O4S2.K/c1-3-23-11-8-13-16(19)12-7-10(18(20)21)5-6-14(12)22-17(13)15(9-11)24-4-2;/h5-9H,3-4H2,1-2H3,(H,20,21);/q;+1/p-1. The van der Waals surface area contributed by atoms with E-state index >= 15 is 0 Å². The molecule has 4 nitrogen and oxygen atoms in total. The molecule has 0 amide bonds. The van der Waals surface area contributed by atoms with Crippen LogP contribution in [0.25, 0.3) is 21.9 Å². The van der Waals surface area contributed by atoms with Crippen molar-refractivity contribution in [1.82, 2.24) is 0 Å². The van der Waals surface area contributed by atoms with Gasteiger partial charge >= 0.3 is 51.4 Å². The Kier molecular flexibility index (Phi) is 7.63. The van der Waals surface area contributed by atoms with E-state index in [0.717, 1.165) is 21.3 Å². The molecule has 7 heteroatoms. The molecule has 3 aromatic rings. The van der Waals surface area contributed by atoms with E-state index in [1.165, 1.54) is 18.2 Å². The average molecular weight is 399 g/mol. The van der Waals surface area contributed by atoms with Gasteiger partial charge in [0.25, 0.3) is 0 Å². The van der Waals surface area contributed by atoms with Gasteiger partial charge in [-0.25, -0.2) is 0 Å². The first-order chi connectivity index (χ1) is 11.5. The van der Waals surface area contributed by atoms with Crippen molar-refractivity contribution in [2.24, 2.45) is 0 Å². The van der Waals surface area contributed by atoms with Crippen LogP contribution in [0.15, 0.2) is 49.3 Å². The number of thioether (sulfide) groups is 2. The predicted molar refractivity (Wildman–Crippen MR) is 97.1 cm³/mol. The molecule has 0 fully saturated rings. The summed E-state index contributed by atoms with van der Waals surface area (Å²) in [5.41, 5.74) is 0.689. The van der Waals surface area contributed by atoms with Gasteiger partial charge in [-0.15, -0.1) is 23.5 Å². The number of carboxylic acid groups (broad SMARTS) is 1. The Bertz CT molecular complexity index is 998. The fraction of sp³-hybridized carbons (Fsp3) is 0.222. The molecule has 0 aliphatic carbocycles. The summed E-state index contributed by atoms with van der Waals surface area (Å²) >= 11 is 3.27. The van der Waals surface area contributed by atoms with Crippen molar-refractivity contribution in [2.75, 3.05) is 11.5 Å². The Labute approximate surface area is 196 Å². The maximum absolute atomic E-state index is 12.9. The van der Waals surface area contributed by atoms with Crippen LogP contribution in [-0.4, -0.2) is 17.5 Å². The van der Waals surface area contributed by atoms with E-state index < -0.39 is 5.97 Å². The third-order valence-corrected chi connectivity index (χ3v) is 5.32. The summed E-state index contributed by atoms with van der Waals surface area (Å²) < 4.78 is 5.94. The van der Waals surface area contributed by atoms with Gasteiger partial charge in [-0.3, -0.25) is 4.79 Å². The zero-order valence-corrected chi connectivity index (χ0v) is 19.0. The first kappa shape index (κ1) is 21.0. The van der Waals surface area contributed by atoms with Gasteiger partial charge in [0, 0.05) is 4.90 Å². The minimum absolute atomic E-state index is 0. The number of benzene rings is 2. The molecule has 0 radical (unpaired) electrons. The molecule has 3 rings (SSSR count). The summed E-state index contributed by atoms with van der Waals surface area (Å²) in [4.78, 5) is 25.9. The van der Waals surface area contributed by atoms with Crippen LogP contribution in [-0.2, 0) is 0 Å². The predicted octanol–water partition coefficient (Wildman–Crippen LogP) is 0.538. The number of carboxylic acids is 1. The number of hydrogen-bond acceptors (Lipinski definition) is 6. The summed E-state index contributed by atoms with van der Waals surface area (Å²) in [6, 6.07) is 8.08. The smallest absolute Gasteiger partial charge is 0.545 e. The summed E-state index contributed by atoms with van der Waals surface area (Å²) in [5, 5.41) is 11.8. The molecule has 0 unspecified atom stereocenters. The maximum Gasteiger partial charge on any atom is 1.00 e. The van der Waals surface area contributed by atoms with Gasteiger partial charge < -0.3 is 14.3 Å². The largest absolute Gasteiger partial charge is 1.00 e. The van der Waals surface area contributed by atoms with E-state index in [4.69, 9.17) is 4.42 Å². The molecule has 0 saturated carbocycles.